The van der Waals surface area contributed by atoms with Gasteiger partial charge in [-0.1, -0.05) is 0 Å². The van der Waals surface area contributed by atoms with Crippen LogP contribution in [0.4, 0.5) is 16.2 Å². The quantitative estimate of drug-likeness (QED) is 0.715. The molecule has 26 heavy (non-hydrogen) atoms. The molecule has 8 heteroatoms. The molecular formula is C18H21N3O4S. The van der Waals surface area contributed by atoms with E-state index in [1.54, 1.807) is 24.3 Å². The van der Waals surface area contributed by atoms with Gasteiger partial charge in [-0.25, -0.2) is 13.2 Å². The summed E-state index contributed by atoms with van der Waals surface area (Å²) in [4.78, 5) is 12.2. The Morgan fingerprint density at radius 2 is 1.58 bits per heavy atom. The normalized spacial score (nSPS) is 17.8. The number of sulfonamides is 1. The first kappa shape index (κ1) is 18.2. The molecule has 0 aromatic heterocycles. The lowest BCUT2D eigenvalue weighted by Gasteiger charge is -2.21. The predicted molar refractivity (Wildman–Crippen MR) is 99.8 cm³/mol. The fourth-order valence-electron chi connectivity index (χ4n) is 2.95. The summed E-state index contributed by atoms with van der Waals surface area (Å²) in [6.45, 7) is 2.45. The SMILES string of the molecule is C[C@@H]1CCCN1S(=O)(=O)c1ccc(NC(=O)Nc2ccc(O)cc2)cc1. The van der Waals surface area contributed by atoms with Crippen molar-refractivity contribution in [3.05, 3.63) is 48.5 Å². The predicted octanol–water partition coefficient (Wildman–Crippen LogP) is 3.21. The molecule has 1 aliphatic rings. The first-order valence-corrected chi connectivity index (χ1v) is 9.79. The molecule has 3 rings (SSSR count). The number of hydrogen-bond acceptors (Lipinski definition) is 4. The van der Waals surface area contributed by atoms with Crippen molar-refractivity contribution >= 4 is 27.4 Å². The first-order valence-electron chi connectivity index (χ1n) is 8.35. The summed E-state index contributed by atoms with van der Waals surface area (Å²) in [5.74, 6) is 0.111. The first-order chi connectivity index (χ1) is 12.4. The van der Waals surface area contributed by atoms with Crippen molar-refractivity contribution in [2.45, 2.75) is 30.7 Å². The van der Waals surface area contributed by atoms with Gasteiger partial charge in [-0.15, -0.1) is 0 Å². The van der Waals surface area contributed by atoms with E-state index in [1.165, 1.54) is 28.6 Å². The summed E-state index contributed by atoms with van der Waals surface area (Å²) < 4.78 is 26.8. The fraction of sp³-hybridized carbons (Fsp3) is 0.278. The molecule has 0 unspecified atom stereocenters. The highest BCUT2D eigenvalue weighted by molar-refractivity contribution is 7.89. The van der Waals surface area contributed by atoms with Crippen molar-refractivity contribution in [1.82, 2.24) is 4.31 Å². The van der Waals surface area contributed by atoms with Crippen molar-refractivity contribution in [2.24, 2.45) is 0 Å². The van der Waals surface area contributed by atoms with Gasteiger partial charge < -0.3 is 15.7 Å². The average Bonchev–Trinajstić information content (AvgIpc) is 3.04. The Morgan fingerprint density at radius 1 is 1.04 bits per heavy atom. The van der Waals surface area contributed by atoms with E-state index in [2.05, 4.69) is 10.6 Å². The Kier molecular flexibility index (Phi) is 5.15. The minimum absolute atomic E-state index is 0.00823. The molecule has 0 spiro atoms. The molecule has 1 saturated heterocycles. The van der Waals surface area contributed by atoms with Gasteiger partial charge in [0.05, 0.1) is 4.90 Å². The Bertz CT molecular complexity index is 880. The molecule has 0 saturated carbocycles. The van der Waals surface area contributed by atoms with Crippen LogP contribution in [0.25, 0.3) is 0 Å². The highest BCUT2D eigenvalue weighted by Gasteiger charge is 2.32. The fourth-order valence-corrected chi connectivity index (χ4v) is 4.65. The van der Waals surface area contributed by atoms with E-state index in [0.717, 1.165) is 12.8 Å². The molecule has 0 radical (unpaired) electrons. The summed E-state index contributed by atoms with van der Waals surface area (Å²) in [5.41, 5.74) is 1.01. The third-order valence-electron chi connectivity index (χ3n) is 4.34. The van der Waals surface area contributed by atoms with Crippen LogP contribution in [0.15, 0.2) is 53.4 Å². The Balaban J connectivity index is 1.65. The Morgan fingerprint density at radius 3 is 2.08 bits per heavy atom. The number of carbonyl (C=O) groups excluding carboxylic acids is 1. The number of urea groups is 1. The number of aromatic hydroxyl groups is 1. The molecule has 1 fully saturated rings. The maximum absolute atomic E-state index is 12.7. The van der Waals surface area contributed by atoms with Crippen LogP contribution in [0, 0.1) is 0 Å². The molecule has 3 N–H and O–H groups in total. The summed E-state index contributed by atoms with van der Waals surface area (Å²) in [6.07, 6.45) is 1.74. The number of phenols is 1. The molecule has 2 amide bonds. The van der Waals surface area contributed by atoms with Crippen molar-refractivity contribution < 1.29 is 18.3 Å². The summed E-state index contributed by atoms with van der Waals surface area (Å²) in [7, 11) is -3.50. The lowest BCUT2D eigenvalue weighted by atomic mass is 10.3. The van der Waals surface area contributed by atoms with Crippen molar-refractivity contribution in [3.63, 3.8) is 0 Å². The maximum atomic E-state index is 12.7. The number of hydrogen-bond donors (Lipinski definition) is 3. The molecule has 1 atom stereocenters. The van der Waals surface area contributed by atoms with E-state index in [4.69, 9.17) is 0 Å². The van der Waals surface area contributed by atoms with Gasteiger partial charge in [0.15, 0.2) is 0 Å². The minimum atomic E-state index is -3.50. The van der Waals surface area contributed by atoms with Gasteiger partial charge in [-0.05, 0) is 68.3 Å². The highest BCUT2D eigenvalue weighted by Crippen LogP contribution is 2.26. The molecule has 2 aromatic rings. The van der Waals surface area contributed by atoms with E-state index < -0.39 is 16.1 Å². The second kappa shape index (κ2) is 7.35. The number of benzene rings is 2. The molecule has 1 heterocycles. The van der Waals surface area contributed by atoms with Crippen molar-refractivity contribution in [1.29, 1.82) is 0 Å². The van der Waals surface area contributed by atoms with Gasteiger partial charge in [-0.2, -0.15) is 4.31 Å². The molecule has 2 aromatic carbocycles. The molecular weight excluding hydrogens is 354 g/mol. The van der Waals surface area contributed by atoms with Crippen LogP contribution in [-0.4, -0.2) is 36.4 Å². The summed E-state index contributed by atoms with van der Waals surface area (Å²) in [5, 5.41) is 14.5. The van der Waals surface area contributed by atoms with Crippen LogP contribution in [0.2, 0.25) is 0 Å². The van der Waals surface area contributed by atoms with E-state index in [0.29, 0.717) is 17.9 Å². The van der Waals surface area contributed by atoms with Gasteiger partial charge in [-0.3, -0.25) is 0 Å². The zero-order valence-electron chi connectivity index (χ0n) is 14.3. The number of nitrogens with zero attached hydrogens (tertiary/aromatic N) is 1. The van der Waals surface area contributed by atoms with Crippen molar-refractivity contribution in [3.8, 4) is 5.75 Å². The molecule has 7 nitrogen and oxygen atoms in total. The van der Waals surface area contributed by atoms with E-state index in [-0.39, 0.29) is 16.7 Å². The second-order valence-electron chi connectivity index (χ2n) is 6.26. The monoisotopic (exact) mass is 375 g/mol. The molecule has 138 valence electrons. The Hall–Kier alpha value is -2.58. The number of anilines is 2. The van der Waals surface area contributed by atoms with E-state index in [9.17, 15) is 18.3 Å². The van der Waals surface area contributed by atoms with Gasteiger partial charge in [0.25, 0.3) is 0 Å². The van der Waals surface area contributed by atoms with Gasteiger partial charge in [0, 0.05) is 24.0 Å². The van der Waals surface area contributed by atoms with Crippen LogP contribution >= 0.6 is 0 Å². The topological polar surface area (TPSA) is 98.7 Å². The zero-order valence-corrected chi connectivity index (χ0v) is 15.2. The van der Waals surface area contributed by atoms with Crippen LogP contribution < -0.4 is 10.6 Å². The highest BCUT2D eigenvalue weighted by atomic mass is 32.2. The van der Waals surface area contributed by atoms with Gasteiger partial charge >= 0.3 is 6.03 Å². The van der Waals surface area contributed by atoms with Crippen LogP contribution in [0.5, 0.6) is 5.75 Å². The minimum Gasteiger partial charge on any atom is -0.508 e. The zero-order chi connectivity index (χ0) is 18.7. The maximum Gasteiger partial charge on any atom is 0.323 e. The smallest absolute Gasteiger partial charge is 0.323 e. The number of amides is 2. The third-order valence-corrected chi connectivity index (χ3v) is 6.36. The Labute approximate surface area is 152 Å². The number of carbonyl (C=O) groups is 1. The largest absolute Gasteiger partial charge is 0.508 e. The standard InChI is InChI=1S/C18H21N3O4S/c1-13-3-2-12-21(13)26(24,25)17-10-6-15(7-11-17)20-18(23)19-14-4-8-16(22)9-5-14/h4-11,13,22H,2-3,12H2,1H3,(H2,19,20,23)/t13-/m1/s1. The van der Waals surface area contributed by atoms with Crippen LogP contribution in [0.1, 0.15) is 19.8 Å². The number of nitrogens with one attached hydrogen (secondary N) is 2. The molecule has 0 aliphatic carbocycles. The summed E-state index contributed by atoms with van der Waals surface area (Å²) >= 11 is 0. The van der Waals surface area contributed by atoms with Gasteiger partial charge in [0.2, 0.25) is 10.0 Å². The van der Waals surface area contributed by atoms with Crippen molar-refractivity contribution in [2.75, 3.05) is 17.2 Å². The van der Waals surface area contributed by atoms with E-state index in [1.807, 2.05) is 6.92 Å². The van der Waals surface area contributed by atoms with Crippen LogP contribution in [0.3, 0.4) is 0 Å². The molecule has 0 bridgehead atoms. The number of phenolic OH excluding ortho intramolecular Hbond substituents is 1. The van der Waals surface area contributed by atoms with Crippen LogP contribution in [-0.2, 0) is 10.0 Å². The van der Waals surface area contributed by atoms with E-state index >= 15 is 0 Å². The third kappa shape index (κ3) is 3.97. The average molecular weight is 375 g/mol. The second-order valence-corrected chi connectivity index (χ2v) is 8.15. The molecule has 1 aliphatic heterocycles. The number of rotatable bonds is 4. The lowest BCUT2D eigenvalue weighted by molar-refractivity contribution is 0.262. The van der Waals surface area contributed by atoms with Gasteiger partial charge in [0.1, 0.15) is 5.75 Å². The summed E-state index contributed by atoms with van der Waals surface area (Å²) in [6, 6.07) is 11.7. The lowest BCUT2D eigenvalue weighted by Crippen LogP contribution is -2.33.